The van der Waals surface area contributed by atoms with E-state index < -0.39 is 0 Å². The van der Waals surface area contributed by atoms with Crippen LogP contribution in [0.5, 0.6) is 0 Å². The SMILES string of the molecule is CCCn1ncc(Cl)c1C(NN)c1cc(C)nn1CC. The van der Waals surface area contributed by atoms with Gasteiger partial charge in [-0.25, -0.2) is 5.43 Å². The van der Waals surface area contributed by atoms with Gasteiger partial charge < -0.3 is 0 Å². The first-order chi connectivity index (χ1) is 9.62. The third kappa shape index (κ3) is 2.72. The summed E-state index contributed by atoms with van der Waals surface area (Å²) >= 11 is 6.30. The molecule has 20 heavy (non-hydrogen) atoms. The number of aryl methyl sites for hydroxylation is 3. The van der Waals surface area contributed by atoms with Gasteiger partial charge in [0.05, 0.1) is 28.3 Å². The summed E-state index contributed by atoms with van der Waals surface area (Å²) in [5, 5.41) is 9.40. The first-order valence-electron chi connectivity index (χ1n) is 6.84. The molecule has 2 aromatic rings. The van der Waals surface area contributed by atoms with Crippen LogP contribution in [0, 0.1) is 6.92 Å². The van der Waals surface area contributed by atoms with E-state index in [0.717, 1.165) is 36.6 Å². The molecule has 3 N–H and O–H groups in total. The van der Waals surface area contributed by atoms with Crippen LogP contribution in [0.3, 0.4) is 0 Å². The van der Waals surface area contributed by atoms with Crippen molar-refractivity contribution in [1.82, 2.24) is 25.0 Å². The van der Waals surface area contributed by atoms with Gasteiger partial charge >= 0.3 is 0 Å². The molecule has 6 nitrogen and oxygen atoms in total. The molecule has 0 radical (unpaired) electrons. The van der Waals surface area contributed by atoms with Gasteiger partial charge in [0.15, 0.2) is 0 Å². The molecule has 0 aliphatic rings. The highest BCUT2D eigenvalue weighted by atomic mass is 35.5. The van der Waals surface area contributed by atoms with Crippen LogP contribution >= 0.6 is 11.6 Å². The van der Waals surface area contributed by atoms with Crippen LogP contribution in [0.4, 0.5) is 0 Å². The number of hydrogen-bond donors (Lipinski definition) is 2. The minimum absolute atomic E-state index is 0.224. The van der Waals surface area contributed by atoms with Gasteiger partial charge in [-0.05, 0) is 26.3 Å². The van der Waals surface area contributed by atoms with Crippen LogP contribution < -0.4 is 11.3 Å². The Morgan fingerprint density at radius 2 is 2.15 bits per heavy atom. The summed E-state index contributed by atoms with van der Waals surface area (Å²) in [4.78, 5) is 0. The number of rotatable bonds is 6. The maximum atomic E-state index is 6.30. The highest BCUT2D eigenvalue weighted by Crippen LogP contribution is 2.28. The Kier molecular flexibility index (Phi) is 4.80. The third-order valence-electron chi connectivity index (χ3n) is 3.24. The van der Waals surface area contributed by atoms with Crippen LogP contribution in [0.2, 0.25) is 5.02 Å². The Labute approximate surface area is 123 Å². The highest BCUT2D eigenvalue weighted by molar-refractivity contribution is 6.31. The van der Waals surface area contributed by atoms with E-state index in [4.69, 9.17) is 17.4 Å². The zero-order valence-corrected chi connectivity index (χ0v) is 12.9. The van der Waals surface area contributed by atoms with E-state index in [0.29, 0.717) is 5.02 Å². The highest BCUT2D eigenvalue weighted by Gasteiger charge is 2.24. The molecule has 0 saturated heterocycles. The Balaban J connectivity index is 2.49. The summed E-state index contributed by atoms with van der Waals surface area (Å²) in [6.45, 7) is 7.70. The van der Waals surface area contributed by atoms with Gasteiger partial charge in [-0.1, -0.05) is 18.5 Å². The average molecular weight is 297 g/mol. The van der Waals surface area contributed by atoms with E-state index in [2.05, 4.69) is 29.5 Å². The smallest absolute Gasteiger partial charge is 0.106 e. The lowest BCUT2D eigenvalue weighted by atomic mass is 10.1. The van der Waals surface area contributed by atoms with E-state index >= 15 is 0 Å². The van der Waals surface area contributed by atoms with Crippen LogP contribution in [-0.4, -0.2) is 19.6 Å². The van der Waals surface area contributed by atoms with Crippen molar-refractivity contribution in [1.29, 1.82) is 0 Å². The molecule has 1 unspecified atom stereocenters. The van der Waals surface area contributed by atoms with Gasteiger partial charge in [0.25, 0.3) is 0 Å². The number of halogens is 1. The molecule has 2 aromatic heterocycles. The van der Waals surface area contributed by atoms with E-state index in [9.17, 15) is 0 Å². The van der Waals surface area contributed by atoms with Crippen molar-refractivity contribution in [3.05, 3.63) is 34.4 Å². The molecule has 110 valence electrons. The van der Waals surface area contributed by atoms with Gasteiger partial charge in [-0.15, -0.1) is 0 Å². The second-order valence-corrected chi connectivity index (χ2v) is 5.13. The standard InChI is InChI=1S/C13H21ClN6/c1-4-6-20-13(10(14)8-16-20)12(17-15)11-7-9(3)18-19(11)5-2/h7-8,12,17H,4-6,15H2,1-3H3. The van der Waals surface area contributed by atoms with E-state index in [1.807, 2.05) is 22.4 Å². The number of nitrogens with two attached hydrogens (primary N) is 1. The predicted octanol–water partition coefficient (Wildman–Crippen LogP) is 2.02. The molecule has 0 saturated carbocycles. The number of hydrogen-bond acceptors (Lipinski definition) is 4. The molecule has 0 aliphatic heterocycles. The van der Waals surface area contributed by atoms with Crippen LogP contribution in [0.25, 0.3) is 0 Å². The molecular formula is C13H21ClN6. The zero-order valence-electron chi connectivity index (χ0n) is 12.1. The van der Waals surface area contributed by atoms with Crippen molar-refractivity contribution in [2.24, 2.45) is 5.84 Å². The fourth-order valence-electron chi connectivity index (χ4n) is 2.40. The molecule has 0 bridgehead atoms. The van der Waals surface area contributed by atoms with Gasteiger partial charge in [0.2, 0.25) is 0 Å². The first-order valence-corrected chi connectivity index (χ1v) is 7.21. The van der Waals surface area contributed by atoms with Gasteiger partial charge in [0.1, 0.15) is 6.04 Å². The summed E-state index contributed by atoms with van der Waals surface area (Å²) in [7, 11) is 0. The third-order valence-corrected chi connectivity index (χ3v) is 3.53. The van der Waals surface area contributed by atoms with Crippen molar-refractivity contribution in [2.45, 2.75) is 46.3 Å². The van der Waals surface area contributed by atoms with Gasteiger partial charge in [-0.3, -0.25) is 15.2 Å². The Bertz CT molecular complexity index is 573. The molecule has 0 spiro atoms. The molecule has 1 atom stereocenters. The minimum atomic E-state index is -0.224. The summed E-state index contributed by atoms with van der Waals surface area (Å²) in [5.74, 6) is 5.77. The van der Waals surface area contributed by atoms with E-state index in [1.165, 1.54) is 0 Å². The average Bonchev–Trinajstić information content (AvgIpc) is 2.97. The zero-order chi connectivity index (χ0) is 14.7. The Morgan fingerprint density at radius 3 is 2.75 bits per heavy atom. The summed E-state index contributed by atoms with van der Waals surface area (Å²) in [6.07, 6.45) is 2.64. The topological polar surface area (TPSA) is 73.7 Å². The minimum Gasteiger partial charge on any atom is -0.270 e. The largest absolute Gasteiger partial charge is 0.270 e. The molecule has 2 rings (SSSR count). The lowest BCUT2D eigenvalue weighted by Gasteiger charge is -2.19. The summed E-state index contributed by atoms with van der Waals surface area (Å²) in [5.41, 5.74) is 5.67. The van der Waals surface area contributed by atoms with Crippen molar-refractivity contribution in [3.63, 3.8) is 0 Å². The fourth-order valence-corrected chi connectivity index (χ4v) is 2.65. The fraction of sp³-hybridized carbons (Fsp3) is 0.538. The van der Waals surface area contributed by atoms with Gasteiger partial charge in [0, 0.05) is 13.1 Å². The number of nitrogens with one attached hydrogen (secondary N) is 1. The maximum Gasteiger partial charge on any atom is 0.106 e. The number of aromatic nitrogens is 4. The van der Waals surface area contributed by atoms with Crippen LogP contribution in [0.15, 0.2) is 12.3 Å². The molecule has 7 heteroatoms. The molecule has 0 amide bonds. The van der Waals surface area contributed by atoms with Crippen molar-refractivity contribution in [3.8, 4) is 0 Å². The Hall–Kier alpha value is -1.37. The molecular weight excluding hydrogens is 276 g/mol. The number of nitrogens with zero attached hydrogens (tertiary/aromatic N) is 4. The molecule has 0 aliphatic carbocycles. The van der Waals surface area contributed by atoms with E-state index in [-0.39, 0.29) is 6.04 Å². The molecule has 0 aromatic carbocycles. The lowest BCUT2D eigenvalue weighted by molar-refractivity contribution is 0.489. The van der Waals surface area contributed by atoms with Crippen LogP contribution in [-0.2, 0) is 13.1 Å². The second kappa shape index (κ2) is 6.39. The van der Waals surface area contributed by atoms with Gasteiger partial charge in [-0.2, -0.15) is 10.2 Å². The Morgan fingerprint density at radius 1 is 1.40 bits per heavy atom. The summed E-state index contributed by atoms with van der Waals surface area (Å²) < 4.78 is 3.83. The lowest BCUT2D eigenvalue weighted by Crippen LogP contribution is -2.32. The predicted molar refractivity (Wildman–Crippen MR) is 79.3 cm³/mol. The molecule has 2 heterocycles. The van der Waals surface area contributed by atoms with Crippen LogP contribution in [0.1, 0.15) is 43.4 Å². The maximum absolute atomic E-state index is 6.30. The first kappa shape index (κ1) is 15.0. The summed E-state index contributed by atoms with van der Waals surface area (Å²) in [6, 6.07) is 1.80. The van der Waals surface area contributed by atoms with Crippen molar-refractivity contribution in [2.75, 3.05) is 0 Å². The molecule has 0 fully saturated rings. The monoisotopic (exact) mass is 296 g/mol. The van der Waals surface area contributed by atoms with E-state index in [1.54, 1.807) is 6.20 Å². The quantitative estimate of drug-likeness (QED) is 0.632. The number of hydrazine groups is 1. The van der Waals surface area contributed by atoms with Crippen molar-refractivity contribution < 1.29 is 0 Å². The normalized spacial score (nSPS) is 12.8. The second-order valence-electron chi connectivity index (χ2n) is 4.73. The van der Waals surface area contributed by atoms with Crippen molar-refractivity contribution >= 4 is 11.6 Å².